The van der Waals surface area contributed by atoms with Gasteiger partial charge in [-0.3, -0.25) is 9.29 Å². The Hall–Kier alpha value is -2.83. The molecule has 3 N–H and O–H groups in total. The van der Waals surface area contributed by atoms with E-state index < -0.39 is 6.10 Å². The van der Waals surface area contributed by atoms with Crippen LogP contribution in [0.3, 0.4) is 0 Å². The maximum atomic E-state index is 12.5. The van der Waals surface area contributed by atoms with Gasteiger partial charge in [0.05, 0.1) is 24.9 Å². The van der Waals surface area contributed by atoms with Gasteiger partial charge in [-0.1, -0.05) is 43.8 Å². The summed E-state index contributed by atoms with van der Waals surface area (Å²) in [6, 6.07) is 17.2. The third-order valence-corrected chi connectivity index (χ3v) is 7.40. The van der Waals surface area contributed by atoms with Crippen molar-refractivity contribution in [2.75, 3.05) is 38.2 Å². The number of H-pyrrole nitrogens is 1. The first-order valence-electron chi connectivity index (χ1n) is 12.5. The van der Waals surface area contributed by atoms with Gasteiger partial charge < -0.3 is 20.3 Å². The summed E-state index contributed by atoms with van der Waals surface area (Å²) in [5, 5.41) is 15.3. The first-order chi connectivity index (χ1) is 16.6. The molecule has 3 atom stereocenters. The van der Waals surface area contributed by atoms with Crippen molar-refractivity contribution in [1.29, 1.82) is 0 Å². The molecule has 2 aliphatic rings. The van der Waals surface area contributed by atoms with E-state index in [1.807, 2.05) is 0 Å². The molecule has 5 nitrogen and oxygen atoms in total. The average molecular weight is 463 g/mol. The standard InChI is InChI=1S/C28H35FN4O/c1-3-19(2)33-16-13-23-22-7-4-5-8-24(22)31-27(23)28(33)20-9-11-21(12-10-20)30-25-17-32(15-6-14-29)18-26(25)34/h4-5,7-12,25-26,28,30-31,34H,2-3,6,13-18H2,1H3/t25-,26-,28+/m0/s1. The van der Waals surface area contributed by atoms with E-state index in [0.717, 1.165) is 37.3 Å². The predicted octanol–water partition coefficient (Wildman–Crippen LogP) is 4.86. The van der Waals surface area contributed by atoms with Crippen LogP contribution in [-0.4, -0.2) is 64.9 Å². The Bertz CT molecular complexity index is 1140. The molecule has 0 aliphatic carbocycles. The molecule has 180 valence electrons. The van der Waals surface area contributed by atoms with Gasteiger partial charge in [0.1, 0.15) is 0 Å². The van der Waals surface area contributed by atoms with E-state index in [9.17, 15) is 9.50 Å². The Morgan fingerprint density at radius 1 is 1.18 bits per heavy atom. The highest BCUT2D eigenvalue weighted by molar-refractivity contribution is 5.85. The number of fused-ring (bicyclic) bond motifs is 3. The molecule has 0 amide bonds. The number of allylic oxidation sites excluding steroid dienone is 1. The number of hydrogen-bond donors (Lipinski definition) is 3. The SMILES string of the molecule is C=C(CC)N1CCc2c([nH]c3ccccc23)[C@H]1c1ccc(N[C@H]2CN(CCCF)C[C@@H]2O)cc1. The van der Waals surface area contributed by atoms with Crippen LogP contribution < -0.4 is 5.32 Å². The van der Waals surface area contributed by atoms with Crippen LogP contribution in [-0.2, 0) is 6.42 Å². The van der Waals surface area contributed by atoms with Crippen molar-refractivity contribution < 1.29 is 9.50 Å². The lowest BCUT2D eigenvalue weighted by Gasteiger charge is -2.39. The normalized spacial score (nSPS) is 22.8. The number of nitrogens with one attached hydrogen (secondary N) is 2. The third-order valence-electron chi connectivity index (χ3n) is 7.40. The Morgan fingerprint density at radius 2 is 1.97 bits per heavy atom. The number of nitrogens with zero attached hydrogens (tertiary/aromatic N) is 2. The zero-order valence-corrected chi connectivity index (χ0v) is 19.9. The van der Waals surface area contributed by atoms with E-state index in [1.165, 1.54) is 27.7 Å². The summed E-state index contributed by atoms with van der Waals surface area (Å²) in [6.45, 7) is 9.18. The Labute approximate surface area is 201 Å². The maximum Gasteiger partial charge on any atom is 0.0944 e. The third kappa shape index (κ3) is 4.32. The van der Waals surface area contributed by atoms with Crippen molar-refractivity contribution in [2.45, 2.75) is 44.4 Å². The fourth-order valence-corrected chi connectivity index (χ4v) is 5.58. The lowest BCUT2D eigenvalue weighted by Crippen LogP contribution is -2.35. The van der Waals surface area contributed by atoms with E-state index in [0.29, 0.717) is 19.5 Å². The molecule has 3 aromatic rings. The van der Waals surface area contributed by atoms with E-state index in [1.54, 1.807) is 0 Å². The van der Waals surface area contributed by atoms with Gasteiger partial charge in [-0.15, -0.1) is 0 Å². The number of para-hydroxylation sites is 1. The van der Waals surface area contributed by atoms with Crippen molar-refractivity contribution in [3.8, 4) is 0 Å². The number of rotatable bonds is 8. The van der Waals surface area contributed by atoms with Gasteiger partial charge in [0.2, 0.25) is 0 Å². The molecule has 0 saturated carbocycles. The summed E-state index contributed by atoms with van der Waals surface area (Å²) in [7, 11) is 0. The topological polar surface area (TPSA) is 54.5 Å². The number of hydrogen-bond acceptors (Lipinski definition) is 4. The minimum atomic E-state index is -0.449. The van der Waals surface area contributed by atoms with E-state index in [4.69, 9.17) is 0 Å². The van der Waals surface area contributed by atoms with Crippen LogP contribution in [0, 0.1) is 0 Å². The molecular formula is C28H35FN4O. The summed E-state index contributed by atoms with van der Waals surface area (Å²) in [5.41, 5.74) is 7.23. The molecule has 34 heavy (non-hydrogen) atoms. The van der Waals surface area contributed by atoms with Gasteiger partial charge >= 0.3 is 0 Å². The molecule has 1 aromatic heterocycles. The average Bonchev–Trinajstić information content (AvgIpc) is 3.41. The molecule has 5 rings (SSSR count). The number of aliphatic hydroxyl groups excluding tert-OH is 1. The Kier molecular flexibility index (Phi) is 6.61. The van der Waals surface area contributed by atoms with Crippen molar-refractivity contribution in [1.82, 2.24) is 14.8 Å². The largest absolute Gasteiger partial charge is 0.390 e. The van der Waals surface area contributed by atoms with Gasteiger partial charge in [-0.25, -0.2) is 0 Å². The summed E-state index contributed by atoms with van der Waals surface area (Å²) in [4.78, 5) is 8.27. The van der Waals surface area contributed by atoms with Crippen molar-refractivity contribution in [3.05, 3.63) is 77.6 Å². The second-order valence-electron chi connectivity index (χ2n) is 9.57. The minimum absolute atomic E-state index is 0.0446. The lowest BCUT2D eigenvalue weighted by molar-refractivity contribution is 0.168. The van der Waals surface area contributed by atoms with Crippen molar-refractivity contribution in [2.24, 2.45) is 0 Å². The van der Waals surface area contributed by atoms with E-state index in [2.05, 4.69) is 82.1 Å². The number of aromatic amines is 1. The van der Waals surface area contributed by atoms with Crippen molar-refractivity contribution in [3.63, 3.8) is 0 Å². The highest BCUT2D eigenvalue weighted by Gasteiger charge is 2.33. The van der Waals surface area contributed by atoms with Gasteiger partial charge in [-0.2, -0.15) is 0 Å². The number of anilines is 1. The summed E-state index contributed by atoms with van der Waals surface area (Å²) in [5.74, 6) is 0. The molecule has 0 radical (unpaired) electrons. The summed E-state index contributed by atoms with van der Waals surface area (Å²) in [6.07, 6.45) is 2.00. The van der Waals surface area contributed by atoms with E-state index >= 15 is 0 Å². The maximum absolute atomic E-state index is 12.5. The number of alkyl halides is 1. The second-order valence-corrected chi connectivity index (χ2v) is 9.57. The monoisotopic (exact) mass is 462 g/mol. The first kappa shape index (κ1) is 22.9. The number of benzene rings is 2. The zero-order chi connectivity index (χ0) is 23.7. The quantitative estimate of drug-likeness (QED) is 0.448. The fourth-order valence-electron chi connectivity index (χ4n) is 5.58. The van der Waals surface area contributed by atoms with Crippen LogP contribution in [0.2, 0.25) is 0 Å². The second kappa shape index (κ2) is 9.80. The number of likely N-dealkylation sites (tertiary alicyclic amines) is 1. The summed E-state index contributed by atoms with van der Waals surface area (Å²) >= 11 is 0. The van der Waals surface area contributed by atoms with Crippen LogP contribution in [0.4, 0.5) is 10.1 Å². The molecule has 2 aromatic carbocycles. The van der Waals surface area contributed by atoms with Crippen molar-refractivity contribution >= 4 is 16.6 Å². The molecule has 1 saturated heterocycles. The zero-order valence-electron chi connectivity index (χ0n) is 19.9. The number of β-amino-alcohol motifs (C(OH)–C–C–N with tert-alkyl or cyclic N) is 1. The van der Waals surface area contributed by atoms with Crippen LogP contribution in [0.15, 0.2) is 60.8 Å². The number of aromatic nitrogens is 1. The van der Waals surface area contributed by atoms with Crippen LogP contribution >= 0.6 is 0 Å². The highest BCUT2D eigenvalue weighted by Crippen LogP contribution is 2.40. The first-order valence-corrected chi connectivity index (χ1v) is 12.5. The number of aliphatic hydroxyl groups is 1. The molecule has 0 unspecified atom stereocenters. The lowest BCUT2D eigenvalue weighted by atomic mass is 9.91. The van der Waals surface area contributed by atoms with E-state index in [-0.39, 0.29) is 18.8 Å². The van der Waals surface area contributed by atoms with Crippen LogP contribution in [0.25, 0.3) is 10.9 Å². The molecule has 2 aliphatic heterocycles. The summed E-state index contributed by atoms with van der Waals surface area (Å²) < 4.78 is 12.5. The highest BCUT2D eigenvalue weighted by atomic mass is 19.1. The fraction of sp³-hybridized carbons (Fsp3) is 0.429. The van der Waals surface area contributed by atoms with Gasteiger partial charge in [-0.05, 0) is 48.6 Å². The molecule has 6 heteroatoms. The number of halogens is 1. The molecular weight excluding hydrogens is 427 g/mol. The van der Waals surface area contributed by atoms with Gasteiger partial charge in [0.15, 0.2) is 0 Å². The molecule has 3 heterocycles. The molecule has 0 spiro atoms. The molecule has 0 bridgehead atoms. The Morgan fingerprint density at radius 3 is 2.74 bits per heavy atom. The predicted molar refractivity (Wildman–Crippen MR) is 137 cm³/mol. The smallest absolute Gasteiger partial charge is 0.0944 e. The van der Waals surface area contributed by atoms with Crippen LogP contribution in [0.1, 0.15) is 42.6 Å². The Balaban J connectivity index is 1.39. The minimum Gasteiger partial charge on any atom is -0.390 e. The van der Waals surface area contributed by atoms with Gasteiger partial charge in [0.25, 0.3) is 0 Å². The van der Waals surface area contributed by atoms with Crippen LogP contribution in [0.5, 0.6) is 0 Å². The van der Waals surface area contributed by atoms with Gasteiger partial charge in [0, 0.05) is 54.2 Å². The molecule has 1 fully saturated rings.